The summed E-state index contributed by atoms with van der Waals surface area (Å²) in [6.45, 7) is 7.52. The molecule has 0 spiro atoms. The first-order valence-electron chi connectivity index (χ1n) is 6.14. The predicted octanol–water partition coefficient (Wildman–Crippen LogP) is 2.82. The van der Waals surface area contributed by atoms with Crippen LogP contribution in [0.5, 0.6) is 0 Å². The van der Waals surface area contributed by atoms with E-state index in [0.29, 0.717) is 5.92 Å². The molecule has 0 amide bonds. The molecule has 1 rings (SSSR count). The molecule has 16 heavy (non-hydrogen) atoms. The summed E-state index contributed by atoms with van der Waals surface area (Å²) < 4.78 is 10.7. The minimum Gasteiger partial charge on any atom is -0.469 e. The van der Waals surface area contributed by atoms with Gasteiger partial charge in [-0.25, -0.2) is 0 Å². The molecule has 0 N–H and O–H groups in total. The van der Waals surface area contributed by atoms with Gasteiger partial charge in [0, 0.05) is 6.61 Å². The van der Waals surface area contributed by atoms with Crippen molar-refractivity contribution in [3.8, 4) is 0 Å². The highest BCUT2D eigenvalue weighted by Gasteiger charge is 2.27. The topological polar surface area (TPSA) is 35.5 Å². The molecule has 0 atom stereocenters. The van der Waals surface area contributed by atoms with Crippen LogP contribution in [0, 0.1) is 11.8 Å². The van der Waals surface area contributed by atoms with Crippen molar-refractivity contribution in [2.75, 3.05) is 13.7 Å². The molecule has 0 bridgehead atoms. The molecule has 1 aliphatic carbocycles. The van der Waals surface area contributed by atoms with Gasteiger partial charge in [-0.05, 0) is 51.2 Å². The maximum absolute atomic E-state index is 11.3. The molecule has 1 aliphatic rings. The van der Waals surface area contributed by atoms with Gasteiger partial charge in [0.15, 0.2) is 8.32 Å². The maximum Gasteiger partial charge on any atom is 0.308 e. The lowest BCUT2D eigenvalue weighted by atomic mass is 9.82. The third kappa shape index (κ3) is 4.66. The number of hydrogen-bond acceptors (Lipinski definition) is 3. The van der Waals surface area contributed by atoms with Gasteiger partial charge in [-0.2, -0.15) is 0 Å². The van der Waals surface area contributed by atoms with Gasteiger partial charge in [-0.3, -0.25) is 4.79 Å². The average molecular weight is 244 g/mol. The Bertz CT molecular complexity index is 227. The van der Waals surface area contributed by atoms with Crippen molar-refractivity contribution in [3.63, 3.8) is 0 Å². The zero-order chi connectivity index (χ0) is 12.2. The summed E-state index contributed by atoms with van der Waals surface area (Å²) in [5.74, 6) is 0.741. The summed E-state index contributed by atoms with van der Waals surface area (Å²) in [5.41, 5.74) is 0. The molecule has 0 heterocycles. The third-order valence-electron chi connectivity index (χ3n) is 3.13. The number of ether oxygens (including phenoxy) is 1. The van der Waals surface area contributed by atoms with Crippen molar-refractivity contribution in [2.45, 2.75) is 45.3 Å². The van der Waals surface area contributed by atoms with Crippen LogP contribution in [0.2, 0.25) is 19.6 Å². The minimum atomic E-state index is -1.38. The van der Waals surface area contributed by atoms with Crippen LogP contribution in [0.3, 0.4) is 0 Å². The molecular formula is C12H24O3Si. The van der Waals surface area contributed by atoms with Gasteiger partial charge in [0.05, 0.1) is 13.0 Å². The van der Waals surface area contributed by atoms with Crippen molar-refractivity contribution in [2.24, 2.45) is 11.8 Å². The highest BCUT2D eigenvalue weighted by molar-refractivity contribution is 6.69. The second kappa shape index (κ2) is 5.82. The molecule has 0 radical (unpaired) electrons. The fraction of sp³-hybridized carbons (Fsp3) is 0.917. The second-order valence-electron chi connectivity index (χ2n) is 5.66. The summed E-state index contributed by atoms with van der Waals surface area (Å²) in [5, 5.41) is 0. The number of hydrogen-bond donors (Lipinski definition) is 0. The van der Waals surface area contributed by atoms with Crippen LogP contribution < -0.4 is 0 Å². The maximum atomic E-state index is 11.3. The minimum absolute atomic E-state index is 0.0374. The van der Waals surface area contributed by atoms with E-state index < -0.39 is 8.32 Å². The van der Waals surface area contributed by atoms with Crippen molar-refractivity contribution < 1.29 is 14.0 Å². The molecule has 94 valence electrons. The summed E-state index contributed by atoms with van der Waals surface area (Å²) in [4.78, 5) is 11.3. The van der Waals surface area contributed by atoms with E-state index in [1.807, 2.05) is 0 Å². The predicted molar refractivity (Wildman–Crippen MR) is 66.8 cm³/mol. The Labute approximate surface area is 99.6 Å². The van der Waals surface area contributed by atoms with Crippen LogP contribution >= 0.6 is 0 Å². The highest BCUT2D eigenvalue weighted by Crippen LogP contribution is 2.30. The first kappa shape index (κ1) is 13.7. The van der Waals surface area contributed by atoms with Gasteiger partial charge in [0.25, 0.3) is 0 Å². The SMILES string of the molecule is COC(=O)C1CCC(CO[Si](C)(C)C)CC1. The smallest absolute Gasteiger partial charge is 0.308 e. The van der Waals surface area contributed by atoms with Crippen molar-refractivity contribution in [1.82, 2.24) is 0 Å². The fourth-order valence-electron chi connectivity index (χ4n) is 2.10. The zero-order valence-electron chi connectivity index (χ0n) is 10.9. The Morgan fingerprint density at radius 3 is 2.19 bits per heavy atom. The van der Waals surface area contributed by atoms with E-state index in [9.17, 15) is 4.79 Å². The van der Waals surface area contributed by atoms with Crippen LogP contribution in [0.4, 0.5) is 0 Å². The van der Waals surface area contributed by atoms with Gasteiger partial charge in [0.2, 0.25) is 0 Å². The van der Waals surface area contributed by atoms with Crippen molar-refractivity contribution in [3.05, 3.63) is 0 Å². The molecule has 0 aromatic rings. The average Bonchev–Trinajstić information content (AvgIpc) is 2.25. The Hall–Kier alpha value is -0.353. The zero-order valence-corrected chi connectivity index (χ0v) is 11.9. The lowest BCUT2D eigenvalue weighted by Crippen LogP contribution is -2.31. The van der Waals surface area contributed by atoms with Crippen LogP contribution in [-0.2, 0) is 14.0 Å². The molecule has 4 heteroatoms. The molecule has 0 aromatic heterocycles. The Morgan fingerprint density at radius 1 is 1.19 bits per heavy atom. The number of carbonyl (C=O) groups excluding carboxylic acids is 1. The molecule has 0 aromatic carbocycles. The van der Waals surface area contributed by atoms with Gasteiger partial charge < -0.3 is 9.16 Å². The van der Waals surface area contributed by atoms with Crippen molar-refractivity contribution >= 4 is 14.3 Å². The monoisotopic (exact) mass is 244 g/mol. The van der Waals surface area contributed by atoms with Gasteiger partial charge in [-0.1, -0.05) is 0 Å². The van der Waals surface area contributed by atoms with Crippen LogP contribution in [0.15, 0.2) is 0 Å². The number of rotatable bonds is 4. The highest BCUT2D eigenvalue weighted by atomic mass is 28.4. The third-order valence-corrected chi connectivity index (χ3v) is 4.17. The van der Waals surface area contributed by atoms with E-state index in [2.05, 4.69) is 19.6 Å². The van der Waals surface area contributed by atoms with E-state index >= 15 is 0 Å². The van der Waals surface area contributed by atoms with Gasteiger partial charge in [0.1, 0.15) is 0 Å². The molecule has 0 aliphatic heterocycles. The largest absolute Gasteiger partial charge is 0.469 e. The molecule has 1 saturated carbocycles. The first-order valence-corrected chi connectivity index (χ1v) is 9.55. The molecular weight excluding hydrogens is 220 g/mol. The van der Waals surface area contributed by atoms with E-state index in [1.54, 1.807) is 0 Å². The van der Waals surface area contributed by atoms with Crippen molar-refractivity contribution in [1.29, 1.82) is 0 Å². The lowest BCUT2D eigenvalue weighted by Gasteiger charge is -2.29. The number of esters is 1. The van der Waals surface area contributed by atoms with E-state index in [0.717, 1.165) is 32.3 Å². The second-order valence-corrected chi connectivity index (χ2v) is 10.2. The van der Waals surface area contributed by atoms with E-state index in [-0.39, 0.29) is 11.9 Å². The first-order chi connectivity index (χ1) is 7.42. The quantitative estimate of drug-likeness (QED) is 0.563. The Balaban J connectivity index is 2.24. The fourth-order valence-corrected chi connectivity index (χ4v) is 2.84. The summed E-state index contributed by atoms with van der Waals surface area (Å²) in [7, 11) is 0.0964. The molecule has 3 nitrogen and oxygen atoms in total. The van der Waals surface area contributed by atoms with Crippen LogP contribution in [0.1, 0.15) is 25.7 Å². The van der Waals surface area contributed by atoms with E-state index in [4.69, 9.17) is 9.16 Å². The van der Waals surface area contributed by atoms with Gasteiger partial charge >= 0.3 is 5.97 Å². The standard InChI is InChI=1S/C12H24O3Si/c1-14-12(13)11-7-5-10(6-8-11)9-15-16(2,3)4/h10-11H,5-9H2,1-4H3. The summed E-state index contributed by atoms with van der Waals surface area (Å²) in [6.07, 6.45) is 4.13. The van der Waals surface area contributed by atoms with E-state index in [1.165, 1.54) is 7.11 Å². The molecule has 1 fully saturated rings. The van der Waals surface area contributed by atoms with Gasteiger partial charge in [-0.15, -0.1) is 0 Å². The summed E-state index contributed by atoms with van der Waals surface area (Å²) in [6, 6.07) is 0. The Morgan fingerprint density at radius 2 is 1.75 bits per heavy atom. The molecule has 0 saturated heterocycles. The lowest BCUT2D eigenvalue weighted by molar-refractivity contribution is -0.146. The normalized spacial score (nSPS) is 26.5. The summed E-state index contributed by atoms with van der Waals surface area (Å²) >= 11 is 0. The number of carbonyl (C=O) groups is 1. The van der Waals surface area contributed by atoms with Crippen LogP contribution in [-0.4, -0.2) is 28.0 Å². The molecule has 0 unspecified atom stereocenters. The Kier molecular flexibility index (Phi) is 4.99. The van der Waals surface area contributed by atoms with Crippen LogP contribution in [0.25, 0.3) is 0 Å². The number of methoxy groups -OCH3 is 1.